The van der Waals surface area contributed by atoms with Crippen molar-refractivity contribution in [3.63, 3.8) is 0 Å². The fourth-order valence-electron chi connectivity index (χ4n) is 18.5. The Kier molecular flexibility index (Phi) is 65.6. The summed E-state index contributed by atoms with van der Waals surface area (Å²) in [6.45, 7) is 11.5. The Labute approximate surface area is 876 Å². The van der Waals surface area contributed by atoms with E-state index >= 15 is 0 Å². The van der Waals surface area contributed by atoms with Crippen LogP contribution in [0.5, 0.6) is 46.0 Å². The lowest BCUT2D eigenvalue weighted by Crippen LogP contribution is -2.03. The highest BCUT2D eigenvalue weighted by Crippen LogP contribution is 2.34. The molecule has 0 aliphatic heterocycles. The molecule has 0 unspecified atom stereocenters. The predicted octanol–water partition coefficient (Wildman–Crippen LogP) is 37.1. The summed E-state index contributed by atoms with van der Waals surface area (Å²) in [6.07, 6.45) is 87.5. The molecule has 10 heteroatoms. The summed E-state index contributed by atoms with van der Waals surface area (Å²) in [4.78, 5) is 9.95. The summed E-state index contributed by atoms with van der Waals surface area (Å²) in [7, 11) is 6.63. The molecule has 2 heterocycles. The molecule has 0 bridgehead atoms. The van der Waals surface area contributed by atoms with Gasteiger partial charge < -0.3 is 37.9 Å². The van der Waals surface area contributed by atoms with Crippen LogP contribution in [-0.4, -0.2) is 64.8 Å². The van der Waals surface area contributed by atoms with Gasteiger partial charge in [-0.25, -0.2) is 0 Å². The zero-order chi connectivity index (χ0) is 101. The van der Waals surface area contributed by atoms with Crippen molar-refractivity contribution in [3.8, 4) is 128 Å². The van der Waals surface area contributed by atoms with Crippen molar-refractivity contribution in [1.29, 1.82) is 0 Å². The van der Waals surface area contributed by atoms with Crippen molar-refractivity contribution >= 4 is 0 Å². The maximum absolute atomic E-state index is 6.82. The summed E-state index contributed by atoms with van der Waals surface area (Å²) in [5.74, 6) is 46.9. The Hall–Kier alpha value is -10.6. The third-order valence-corrected chi connectivity index (χ3v) is 27.6. The van der Waals surface area contributed by atoms with Crippen molar-refractivity contribution < 1.29 is 37.9 Å². The lowest BCUT2D eigenvalue weighted by Gasteiger charge is -2.14. The maximum atomic E-state index is 6.82. The molecule has 778 valence electrons. The van der Waals surface area contributed by atoms with Crippen molar-refractivity contribution in [2.24, 2.45) is 0 Å². The van der Waals surface area contributed by atoms with Crippen LogP contribution in [0.2, 0.25) is 0 Å². The van der Waals surface area contributed by atoms with E-state index in [1.165, 1.54) is 360 Å². The number of benzene rings is 6. The number of unbranched alkanes of at least 4 members (excludes halogenated alkanes) is 60. The second-order valence-corrected chi connectivity index (χ2v) is 39.9. The van der Waals surface area contributed by atoms with Gasteiger partial charge in [0.1, 0.15) is 46.0 Å². The molecule has 0 saturated carbocycles. The molecule has 0 saturated heterocycles. The Balaban J connectivity index is 1.01. The molecule has 144 heavy (non-hydrogen) atoms. The van der Waals surface area contributed by atoms with Crippen LogP contribution in [0.4, 0.5) is 0 Å². The molecule has 0 radical (unpaired) electrons. The minimum atomic E-state index is 0.574. The van der Waals surface area contributed by atoms with Gasteiger partial charge in [-0.15, -0.1) is 0 Å². The summed E-state index contributed by atoms with van der Waals surface area (Å²) in [5, 5.41) is 0. The van der Waals surface area contributed by atoms with Crippen LogP contribution < -0.4 is 37.9 Å². The zero-order valence-corrected chi connectivity index (χ0v) is 91.1. The Bertz CT molecular complexity index is 4810. The van der Waals surface area contributed by atoms with Crippen molar-refractivity contribution in [2.45, 2.75) is 439 Å². The molecule has 8 aromatic rings. The first-order valence-electron chi connectivity index (χ1n) is 57.8. The summed E-state index contributed by atoms with van der Waals surface area (Å²) in [6, 6.07) is 43.7. The molecule has 0 amide bonds. The summed E-state index contributed by atoms with van der Waals surface area (Å²) < 4.78 is 49.5. The molecular weight excluding hydrogens is 1770 g/mol. The van der Waals surface area contributed by atoms with E-state index in [9.17, 15) is 0 Å². The molecule has 8 rings (SSSR count). The van der Waals surface area contributed by atoms with E-state index in [0.717, 1.165) is 141 Å². The highest BCUT2D eigenvalue weighted by atomic mass is 16.5. The average Bonchev–Trinajstić information content (AvgIpc) is 0.819. The number of ether oxygens (including phenoxy) is 8. The van der Waals surface area contributed by atoms with Gasteiger partial charge in [0.2, 0.25) is 0 Å². The van der Waals surface area contributed by atoms with Crippen LogP contribution in [0.25, 0.3) is 11.4 Å². The van der Waals surface area contributed by atoms with Crippen molar-refractivity contribution in [2.75, 3.05) is 54.9 Å². The molecule has 10 nitrogen and oxygen atoms in total. The minimum absolute atomic E-state index is 0.574. The van der Waals surface area contributed by atoms with Crippen LogP contribution in [0.3, 0.4) is 0 Å². The van der Waals surface area contributed by atoms with E-state index in [1.54, 1.807) is 28.4 Å². The number of pyridine rings is 2. The molecule has 0 aliphatic rings. The normalized spacial score (nSPS) is 10.8. The van der Waals surface area contributed by atoms with E-state index in [2.05, 4.69) is 111 Å². The van der Waals surface area contributed by atoms with E-state index in [4.69, 9.17) is 47.9 Å². The number of hydrogen-bond donors (Lipinski definition) is 0. The fraction of sp³-hybridized carbons (Fsp3) is 0.567. The van der Waals surface area contributed by atoms with Gasteiger partial charge in [-0.05, 0) is 135 Å². The number of methoxy groups -OCH3 is 4. The second kappa shape index (κ2) is 79.6. The van der Waals surface area contributed by atoms with Gasteiger partial charge in [0, 0.05) is 70.0 Å². The van der Waals surface area contributed by atoms with Crippen LogP contribution in [-0.2, 0) is 0 Å². The van der Waals surface area contributed by atoms with Gasteiger partial charge in [0.15, 0.2) is 0 Å². The van der Waals surface area contributed by atoms with Gasteiger partial charge in [0.05, 0.1) is 99.6 Å². The fourth-order valence-corrected chi connectivity index (χ4v) is 18.5. The van der Waals surface area contributed by atoms with Crippen molar-refractivity contribution in [3.05, 3.63) is 213 Å². The first-order valence-corrected chi connectivity index (χ1v) is 57.8. The van der Waals surface area contributed by atoms with Gasteiger partial charge >= 0.3 is 0 Å². The molecular formula is C134H184N2O8. The summed E-state index contributed by atoms with van der Waals surface area (Å²) in [5.41, 5.74) is 11.0. The topological polar surface area (TPSA) is 99.6 Å². The molecule has 0 fully saturated rings. The van der Waals surface area contributed by atoms with E-state index in [1.807, 2.05) is 134 Å². The Morgan fingerprint density at radius 1 is 0.167 bits per heavy atom. The molecule has 0 atom stereocenters. The third kappa shape index (κ3) is 52.9. The number of rotatable bonds is 77. The molecule has 2 aromatic heterocycles. The average molecular weight is 1950 g/mol. The van der Waals surface area contributed by atoms with Crippen LogP contribution in [0.1, 0.15) is 505 Å². The number of hydrogen-bond acceptors (Lipinski definition) is 10. The zero-order valence-electron chi connectivity index (χ0n) is 91.1. The Morgan fingerprint density at radius 2 is 0.340 bits per heavy atom. The number of nitrogens with zero attached hydrogens (tertiary/aromatic N) is 2. The number of aromatic nitrogens is 2. The van der Waals surface area contributed by atoms with Gasteiger partial charge in [-0.3, -0.25) is 9.97 Å². The van der Waals surface area contributed by atoms with Crippen LogP contribution in [0.15, 0.2) is 146 Å². The lowest BCUT2D eigenvalue weighted by atomic mass is 10.0. The summed E-state index contributed by atoms with van der Waals surface area (Å²) >= 11 is 0. The second-order valence-electron chi connectivity index (χ2n) is 39.9. The van der Waals surface area contributed by atoms with E-state index in [0.29, 0.717) is 60.9 Å². The van der Waals surface area contributed by atoms with E-state index in [-0.39, 0.29) is 0 Å². The molecule has 0 N–H and O–H groups in total. The third-order valence-electron chi connectivity index (χ3n) is 27.6. The highest BCUT2D eigenvalue weighted by molar-refractivity contribution is 5.64. The minimum Gasteiger partial charge on any atom is -0.497 e. The van der Waals surface area contributed by atoms with Gasteiger partial charge in [0.25, 0.3) is 0 Å². The smallest absolute Gasteiger partial charge is 0.136 e. The largest absolute Gasteiger partial charge is 0.497 e. The SMILES string of the molecule is CCCCCCCCCCCCCCCCCCOc1cc(C#Cc2ccc(-c3ccc(C#Cc4cc(OCCCCCCCCCCCCCCCCCC)c(C#Cc5ccc(C#Cc6cc(OC)ccc6OC)cc5)cc4OCCCCCCCCCCCCCCCCCC)cn3)nc2)c(OCCCCCCCCCCCCCCCCCC)cc1C#Cc1ccc(C#Cc2cc(OC)ccc2OC)cc1. The maximum Gasteiger partial charge on any atom is 0.136 e. The first-order chi connectivity index (χ1) is 71.2. The Morgan fingerprint density at radius 3 is 0.514 bits per heavy atom. The molecule has 0 aliphatic carbocycles. The van der Waals surface area contributed by atoms with E-state index < -0.39 is 0 Å². The first kappa shape index (κ1) is 119. The predicted molar refractivity (Wildman–Crippen MR) is 608 cm³/mol. The molecule has 6 aromatic carbocycles. The lowest BCUT2D eigenvalue weighted by molar-refractivity contribution is 0.295. The molecule has 0 spiro atoms. The standard InChI is InChI=1S/C134H184N2O8/c1-9-13-17-21-25-29-33-37-41-45-49-53-57-61-65-69-101-141-131-109-123(133(143-103-71-67-63-59-55-51-47-43-39-35-31-27-23-19-15-11-3)107-121(131)91-83-115-77-73-113(74-78-115)81-89-119-105-125(137-5)95-99-129(119)139-7)93-85-117-87-97-127(135-111-117)128-98-88-118(112-136-128)86-94-124-110-132(142-102-70-66-62-58-54-50-46-42-38-34-30-26-22-18-14-10-2)122(92-84-116-79-75-114(76-80-116)82-90-120-106-126(138-6)96-100-130(120)140-8)108-134(124)144-104-72-68-64-60-56-52-48-44-40-36-32-28-24-20-16-12-4/h73-80,87-88,95-100,105-112H,9-72,101-104H2,1-8H3. The van der Waals surface area contributed by atoms with Crippen LogP contribution >= 0.6 is 0 Å². The quantitative estimate of drug-likeness (QED) is 0.0271. The highest BCUT2D eigenvalue weighted by Gasteiger charge is 2.17. The van der Waals surface area contributed by atoms with Crippen molar-refractivity contribution in [1.82, 2.24) is 9.97 Å². The van der Waals surface area contributed by atoms with Crippen LogP contribution in [0, 0.1) is 71.0 Å². The monoisotopic (exact) mass is 1950 g/mol. The van der Waals surface area contributed by atoms with Gasteiger partial charge in [-0.1, -0.05) is 484 Å². The van der Waals surface area contributed by atoms with Gasteiger partial charge in [-0.2, -0.15) is 0 Å².